The summed E-state index contributed by atoms with van der Waals surface area (Å²) in [6, 6.07) is 7.67. The number of hydrogen-bond donors (Lipinski definition) is 4. The van der Waals surface area contributed by atoms with Crippen LogP contribution in [-0.4, -0.2) is 0 Å². The monoisotopic (exact) mass is 226 g/mol. The van der Waals surface area contributed by atoms with Crippen LogP contribution in [0.15, 0.2) is 24.3 Å². The number of fused-ring (bicyclic) bond motifs is 3. The van der Waals surface area contributed by atoms with Crippen molar-refractivity contribution in [3.8, 4) is 11.1 Å². The number of nitrogens with two attached hydrogens (primary N) is 4. The summed E-state index contributed by atoms with van der Waals surface area (Å²) in [4.78, 5) is 0. The van der Waals surface area contributed by atoms with Crippen LogP contribution in [0.3, 0.4) is 0 Å². The van der Waals surface area contributed by atoms with Crippen LogP contribution in [0.1, 0.15) is 11.1 Å². The molecule has 1 aliphatic rings. The van der Waals surface area contributed by atoms with Gasteiger partial charge in [-0.2, -0.15) is 0 Å². The lowest BCUT2D eigenvalue weighted by atomic mass is 10.0. The van der Waals surface area contributed by atoms with Crippen LogP contribution < -0.4 is 22.9 Å². The minimum atomic E-state index is 0.604. The van der Waals surface area contributed by atoms with Gasteiger partial charge in [0.2, 0.25) is 0 Å². The fraction of sp³-hybridized carbons (Fsp3) is 0.0769. The van der Waals surface area contributed by atoms with E-state index in [0.29, 0.717) is 22.7 Å². The second-order valence-electron chi connectivity index (χ2n) is 4.45. The lowest BCUT2D eigenvalue weighted by Gasteiger charge is -2.07. The van der Waals surface area contributed by atoms with Crippen molar-refractivity contribution in [2.75, 3.05) is 22.9 Å². The van der Waals surface area contributed by atoms with E-state index < -0.39 is 0 Å². The zero-order chi connectivity index (χ0) is 12.2. The van der Waals surface area contributed by atoms with Gasteiger partial charge in [-0.05, 0) is 52.9 Å². The predicted octanol–water partition coefficient (Wildman–Crippen LogP) is 1.59. The van der Waals surface area contributed by atoms with Gasteiger partial charge >= 0.3 is 0 Å². The average Bonchev–Trinajstić information content (AvgIpc) is 2.58. The summed E-state index contributed by atoms with van der Waals surface area (Å²) >= 11 is 0. The molecule has 0 bridgehead atoms. The van der Waals surface area contributed by atoms with Crippen molar-refractivity contribution in [1.29, 1.82) is 0 Å². The highest BCUT2D eigenvalue weighted by molar-refractivity contribution is 5.87. The predicted molar refractivity (Wildman–Crippen MR) is 72.3 cm³/mol. The van der Waals surface area contributed by atoms with E-state index in [4.69, 9.17) is 22.9 Å². The Hall–Kier alpha value is -2.36. The van der Waals surface area contributed by atoms with Gasteiger partial charge in [0.25, 0.3) is 0 Å². The van der Waals surface area contributed by atoms with E-state index in [1.165, 1.54) is 11.1 Å². The third-order valence-electron chi connectivity index (χ3n) is 3.29. The van der Waals surface area contributed by atoms with Gasteiger partial charge in [-0.15, -0.1) is 0 Å². The van der Waals surface area contributed by atoms with Crippen molar-refractivity contribution >= 4 is 22.7 Å². The molecule has 3 rings (SSSR count). The van der Waals surface area contributed by atoms with E-state index in [9.17, 15) is 0 Å². The van der Waals surface area contributed by atoms with Gasteiger partial charge in [0.1, 0.15) is 0 Å². The van der Waals surface area contributed by atoms with Crippen LogP contribution in [0.4, 0.5) is 22.7 Å². The summed E-state index contributed by atoms with van der Waals surface area (Å²) in [7, 11) is 0. The molecule has 0 aromatic heterocycles. The lowest BCUT2D eigenvalue weighted by molar-refractivity contribution is 1.27. The maximum atomic E-state index is 5.84. The molecule has 8 N–H and O–H groups in total. The zero-order valence-electron chi connectivity index (χ0n) is 9.33. The molecule has 17 heavy (non-hydrogen) atoms. The van der Waals surface area contributed by atoms with Crippen molar-refractivity contribution in [2.45, 2.75) is 6.42 Å². The van der Waals surface area contributed by atoms with Gasteiger partial charge in [0.15, 0.2) is 0 Å². The third kappa shape index (κ3) is 1.30. The summed E-state index contributed by atoms with van der Waals surface area (Å²) in [6.45, 7) is 0. The van der Waals surface area contributed by atoms with Crippen LogP contribution in [0.2, 0.25) is 0 Å². The number of benzene rings is 2. The van der Waals surface area contributed by atoms with Crippen molar-refractivity contribution in [2.24, 2.45) is 0 Å². The van der Waals surface area contributed by atoms with Crippen molar-refractivity contribution in [3.63, 3.8) is 0 Å². The maximum absolute atomic E-state index is 5.84. The molecule has 0 unspecified atom stereocenters. The van der Waals surface area contributed by atoms with Crippen LogP contribution >= 0.6 is 0 Å². The maximum Gasteiger partial charge on any atom is 0.0554 e. The Balaban J connectivity index is 2.27. The molecule has 0 aliphatic heterocycles. The normalized spacial score (nSPS) is 12.2. The van der Waals surface area contributed by atoms with E-state index in [1.807, 2.05) is 24.3 Å². The number of rotatable bonds is 0. The largest absolute Gasteiger partial charge is 0.397 e. The Morgan fingerprint density at radius 1 is 0.588 bits per heavy atom. The Bertz CT molecular complexity index is 576. The number of anilines is 4. The van der Waals surface area contributed by atoms with E-state index in [0.717, 1.165) is 17.5 Å². The quantitative estimate of drug-likeness (QED) is 0.437. The zero-order valence-corrected chi connectivity index (χ0v) is 9.33. The molecule has 0 atom stereocenters. The molecule has 4 heteroatoms. The van der Waals surface area contributed by atoms with E-state index in [1.54, 1.807) is 0 Å². The van der Waals surface area contributed by atoms with E-state index in [-0.39, 0.29) is 0 Å². The molecule has 0 amide bonds. The molecule has 1 aliphatic carbocycles. The Kier molecular flexibility index (Phi) is 1.78. The van der Waals surface area contributed by atoms with Crippen LogP contribution in [-0.2, 0) is 6.42 Å². The number of nitrogen functional groups attached to an aromatic ring is 4. The molecule has 0 radical (unpaired) electrons. The second-order valence-corrected chi connectivity index (χ2v) is 4.45. The van der Waals surface area contributed by atoms with Crippen LogP contribution in [0, 0.1) is 0 Å². The van der Waals surface area contributed by atoms with Crippen molar-refractivity contribution in [3.05, 3.63) is 35.4 Å². The molecule has 2 aromatic rings. The van der Waals surface area contributed by atoms with Crippen LogP contribution in [0.5, 0.6) is 0 Å². The first kappa shape index (κ1) is 9.84. The highest BCUT2D eigenvalue weighted by Gasteiger charge is 2.20. The van der Waals surface area contributed by atoms with Crippen LogP contribution in [0.25, 0.3) is 11.1 Å². The Morgan fingerprint density at radius 2 is 0.941 bits per heavy atom. The summed E-state index contributed by atoms with van der Waals surface area (Å²) < 4.78 is 0. The first-order valence-corrected chi connectivity index (χ1v) is 5.42. The SMILES string of the molecule is Nc1cc2c(cc1N)-c1cc(N)c(N)cc1C2. The standard InChI is InChI=1S/C13H14N4/c14-10-2-6-1-7-3-11(15)13(17)5-9(7)8(6)4-12(10)16/h2-5H,1,14-17H2. The molecule has 4 nitrogen and oxygen atoms in total. The van der Waals surface area contributed by atoms with E-state index in [2.05, 4.69) is 0 Å². The lowest BCUT2D eigenvalue weighted by Crippen LogP contribution is -1.96. The molecule has 0 heterocycles. The number of hydrogen-bond acceptors (Lipinski definition) is 4. The van der Waals surface area contributed by atoms with Gasteiger partial charge in [-0.3, -0.25) is 0 Å². The molecule has 0 fully saturated rings. The average molecular weight is 226 g/mol. The van der Waals surface area contributed by atoms with E-state index >= 15 is 0 Å². The highest BCUT2D eigenvalue weighted by Crippen LogP contribution is 2.41. The Morgan fingerprint density at radius 3 is 1.35 bits per heavy atom. The fourth-order valence-corrected chi connectivity index (χ4v) is 2.36. The summed E-state index contributed by atoms with van der Waals surface area (Å²) in [5, 5.41) is 0. The topological polar surface area (TPSA) is 104 Å². The minimum absolute atomic E-state index is 0.604. The summed E-state index contributed by atoms with van der Waals surface area (Å²) in [6.07, 6.45) is 0.833. The summed E-state index contributed by atoms with van der Waals surface area (Å²) in [5.41, 5.74) is 30.3. The minimum Gasteiger partial charge on any atom is -0.397 e. The van der Waals surface area contributed by atoms with Gasteiger partial charge in [0, 0.05) is 0 Å². The summed E-state index contributed by atoms with van der Waals surface area (Å²) in [5.74, 6) is 0. The van der Waals surface area contributed by atoms with Crippen molar-refractivity contribution < 1.29 is 0 Å². The highest BCUT2D eigenvalue weighted by atomic mass is 14.7. The fourth-order valence-electron chi connectivity index (χ4n) is 2.36. The molecule has 0 spiro atoms. The molecule has 0 saturated heterocycles. The molecular weight excluding hydrogens is 212 g/mol. The van der Waals surface area contributed by atoms with Gasteiger partial charge in [-0.25, -0.2) is 0 Å². The smallest absolute Gasteiger partial charge is 0.0554 e. The molecule has 86 valence electrons. The Labute approximate surface area is 99.2 Å². The second kappa shape index (κ2) is 3.07. The third-order valence-corrected chi connectivity index (χ3v) is 3.29. The van der Waals surface area contributed by atoms with Gasteiger partial charge < -0.3 is 22.9 Å². The first-order valence-electron chi connectivity index (χ1n) is 5.42. The molecule has 0 saturated carbocycles. The van der Waals surface area contributed by atoms with Gasteiger partial charge in [0.05, 0.1) is 22.7 Å². The van der Waals surface area contributed by atoms with Gasteiger partial charge in [-0.1, -0.05) is 0 Å². The first-order chi connectivity index (χ1) is 8.06. The van der Waals surface area contributed by atoms with Crippen molar-refractivity contribution in [1.82, 2.24) is 0 Å². The molecule has 2 aromatic carbocycles. The molecular formula is C13H14N4.